The second kappa shape index (κ2) is 8.51. The molecule has 0 bridgehead atoms. The fraction of sp³-hybridized carbons (Fsp3) is 0.524. The predicted molar refractivity (Wildman–Crippen MR) is 109 cm³/mol. The molecule has 26 heavy (non-hydrogen) atoms. The molecule has 1 aliphatic rings. The van der Waals surface area contributed by atoms with Crippen LogP contribution in [-0.2, 0) is 16.4 Å². The van der Waals surface area contributed by atoms with E-state index in [4.69, 9.17) is 0 Å². The summed E-state index contributed by atoms with van der Waals surface area (Å²) >= 11 is 0. The summed E-state index contributed by atoms with van der Waals surface area (Å²) in [6, 6.07) is 14.5. The maximum absolute atomic E-state index is 12.7. The van der Waals surface area contributed by atoms with Gasteiger partial charge in [0, 0.05) is 6.04 Å². The molecule has 0 saturated heterocycles. The zero-order valence-electron chi connectivity index (χ0n) is 15.7. The molecule has 0 aliphatic heterocycles. The largest absolute Gasteiger partial charge is 0.319 e. The second-order valence-corrected chi connectivity index (χ2v) is 9.64. The Balaban J connectivity index is 1.58. The van der Waals surface area contributed by atoms with E-state index < -0.39 is 10.0 Å². The first-order valence-corrected chi connectivity index (χ1v) is 11.2. The Kier molecular flexibility index (Phi) is 6.33. The Hall–Kier alpha value is -1.43. The van der Waals surface area contributed by atoms with Crippen LogP contribution in [-0.4, -0.2) is 33.3 Å². The van der Waals surface area contributed by atoms with Crippen LogP contribution in [0.15, 0.2) is 42.5 Å². The average Bonchev–Trinajstić information content (AvgIpc) is 2.62. The van der Waals surface area contributed by atoms with Gasteiger partial charge >= 0.3 is 0 Å². The molecule has 2 aromatic carbocycles. The molecule has 5 heteroatoms. The molecule has 1 aliphatic carbocycles. The van der Waals surface area contributed by atoms with E-state index in [-0.39, 0.29) is 11.3 Å². The molecule has 0 heterocycles. The van der Waals surface area contributed by atoms with Gasteiger partial charge in [-0.1, -0.05) is 42.5 Å². The van der Waals surface area contributed by atoms with Crippen LogP contribution in [0, 0.1) is 5.92 Å². The van der Waals surface area contributed by atoms with Gasteiger partial charge in [0.1, 0.15) is 0 Å². The Bertz CT molecular complexity index is 827. The molecule has 1 fully saturated rings. The highest BCUT2D eigenvalue weighted by Gasteiger charge is 2.31. The third-order valence-corrected chi connectivity index (χ3v) is 7.53. The molecule has 1 atom stereocenters. The zero-order chi connectivity index (χ0) is 18.6. The molecule has 0 amide bonds. The number of hydrogen-bond donors (Lipinski definition) is 2. The van der Waals surface area contributed by atoms with Gasteiger partial charge in [0.25, 0.3) is 0 Å². The van der Waals surface area contributed by atoms with Crippen LogP contribution in [0.4, 0.5) is 0 Å². The Morgan fingerprint density at radius 3 is 2.42 bits per heavy atom. The minimum atomic E-state index is -3.25. The van der Waals surface area contributed by atoms with Crippen LogP contribution < -0.4 is 10.0 Å². The number of nitrogens with one attached hydrogen (secondary N) is 2. The molecule has 4 nitrogen and oxygen atoms in total. The molecule has 2 aromatic rings. The Morgan fingerprint density at radius 1 is 1.04 bits per heavy atom. The lowest BCUT2D eigenvalue weighted by Crippen LogP contribution is -2.42. The van der Waals surface area contributed by atoms with Gasteiger partial charge in [0.2, 0.25) is 10.0 Å². The van der Waals surface area contributed by atoms with E-state index in [1.165, 1.54) is 10.8 Å². The summed E-state index contributed by atoms with van der Waals surface area (Å²) in [4.78, 5) is 0. The summed E-state index contributed by atoms with van der Waals surface area (Å²) in [6.07, 6.45) is 4.23. The van der Waals surface area contributed by atoms with Crippen LogP contribution in [0.3, 0.4) is 0 Å². The van der Waals surface area contributed by atoms with E-state index in [9.17, 15) is 8.42 Å². The molecule has 1 unspecified atom stereocenters. The van der Waals surface area contributed by atoms with Crippen molar-refractivity contribution in [3.8, 4) is 0 Å². The quantitative estimate of drug-likeness (QED) is 0.780. The van der Waals surface area contributed by atoms with Crippen LogP contribution in [0.5, 0.6) is 0 Å². The van der Waals surface area contributed by atoms with E-state index in [1.807, 2.05) is 26.1 Å². The number of sulfonamides is 1. The van der Waals surface area contributed by atoms with Crippen molar-refractivity contribution in [1.82, 2.24) is 10.0 Å². The average molecular weight is 375 g/mol. The van der Waals surface area contributed by atoms with E-state index in [0.29, 0.717) is 12.3 Å². The van der Waals surface area contributed by atoms with Crippen LogP contribution in [0.25, 0.3) is 10.8 Å². The number of hydrogen-bond acceptors (Lipinski definition) is 3. The summed E-state index contributed by atoms with van der Waals surface area (Å²) < 4.78 is 28.4. The van der Waals surface area contributed by atoms with Crippen molar-refractivity contribution < 1.29 is 8.42 Å². The van der Waals surface area contributed by atoms with Crippen LogP contribution >= 0.6 is 0 Å². The highest BCUT2D eigenvalue weighted by molar-refractivity contribution is 7.90. The van der Waals surface area contributed by atoms with Crippen molar-refractivity contribution >= 4 is 20.8 Å². The van der Waals surface area contributed by atoms with Gasteiger partial charge in [0.15, 0.2) is 0 Å². The van der Waals surface area contributed by atoms with E-state index in [0.717, 1.165) is 37.8 Å². The lowest BCUT2D eigenvalue weighted by molar-refractivity contribution is 0.347. The minimum Gasteiger partial charge on any atom is -0.319 e. The van der Waals surface area contributed by atoms with Crippen molar-refractivity contribution in [1.29, 1.82) is 0 Å². The molecule has 1 saturated carbocycles. The maximum Gasteiger partial charge on any atom is 0.214 e. The molecule has 142 valence electrons. The summed E-state index contributed by atoms with van der Waals surface area (Å²) in [7, 11) is -1.30. The van der Waals surface area contributed by atoms with E-state index >= 15 is 0 Å². The highest BCUT2D eigenvalue weighted by atomic mass is 32.2. The summed E-state index contributed by atoms with van der Waals surface area (Å²) in [5, 5.41) is 5.37. The van der Waals surface area contributed by atoms with Gasteiger partial charge < -0.3 is 5.32 Å². The monoisotopic (exact) mass is 374 g/mol. The number of benzene rings is 2. The van der Waals surface area contributed by atoms with Gasteiger partial charge in [-0.05, 0) is 74.9 Å². The number of rotatable bonds is 7. The summed E-state index contributed by atoms with van der Waals surface area (Å²) in [5.41, 5.74) is 1.16. The normalized spacial score (nSPS) is 22.4. The topological polar surface area (TPSA) is 58.2 Å². The molecule has 0 aromatic heterocycles. The lowest BCUT2D eigenvalue weighted by atomic mass is 9.89. The third kappa shape index (κ3) is 4.84. The zero-order valence-corrected chi connectivity index (χ0v) is 16.6. The van der Waals surface area contributed by atoms with E-state index in [1.54, 1.807) is 0 Å². The molecular formula is C21H30N2O2S. The van der Waals surface area contributed by atoms with Crippen molar-refractivity contribution in [3.63, 3.8) is 0 Å². The molecule has 3 rings (SSSR count). The molecule has 2 N–H and O–H groups in total. The standard InChI is InChI=1S/C21H30N2O2S/c1-16(13-18-7-10-19-5-3-4-6-20(19)14-18)23-26(24,25)21-11-8-17(9-12-21)15-22-2/h3-7,10,14,16-17,21-23H,8-9,11-13,15H2,1-2H3. The lowest BCUT2D eigenvalue weighted by Gasteiger charge is -2.29. The minimum absolute atomic E-state index is 0.101. The predicted octanol–water partition coefficient (Wildman–Crippen LogP) is 3.47. The van der Waals surface area contributed by atoms with Crippen molar-refractivity contribution in [2.24, 2.45) is 5.92 Å². The van der Waals surface area contributed by atoms with Gasteiger partial charge in [-0.15, -0.1) is 0 Å². The van der Waals surface area contributed by atoms with Gasteiger partial charge in [-0.2, -0.15) is 0 Å². The van der Waals surface area contributed by atoms with Crippen molar-refractivity contribution in [2.45, 2.75) is 50.3 Å². The van der Waals surface area contributed by atoms with E-state index in [2.05, 4.69) is 40.4 Å². The molecule has 0 spiro atoms. The fourth-order valence-electron chi connectivity index (χ4n) is 4.07. The first-order chi connectivity index (χ1) is 12.5. The second-order valence-electron chi connectivity index (χ2n) is 7.65. The van der Waals surface area contributed by atoms with Crippen molar-refractivity contribution in [3.05, 3.63) is 48.0 Å². The van der Waals surface area contributed by atoms with Crippen LogP contribution in [0.1, 0.15) is 38.2 Å². The van der Waals surface area contributed by atoms with Gasteiger partial charge in [-0.25, -0.2) is 13.1 Å². The Morgan fingerprint density at radius 2 is 1.73 bits per heavy atom. The summed E-state index contributed by atoms with van der Waals surface area (Å²) in [5.74, 6) is 0.612. The van der Waals surface area contributed by atoms with Crippen LogP contribution in [0.2, 0.25) is 0 Å². The van der Waals surface area contributed by atoms with Gasteiger partial charge in [-0.3, -0.25) is 0 Å². The van der Waals surface area contributed by atoms with Gasteiger partial charge in [0.05, 0.1) is 5.25 Å². The van der Waals surface area contributed by atoms with Crippen molar-refractivity contribution in [2.75, 3.05) is 13.6 Å². The smallest absolute Gasteiger partial charge is 0.214 e. The Labute approximate surface area is 157 Å². The first kappa shape index (κ1) is 19.3. The SMILES string of the molecule is CNCC1CCC(S(=O)(=O)NC(C)Cc2ccc3ccccc3c2)CC1. The summed E-state index contributed by atoms with van der Waals surface area (Å²) in [6.45, 7) is 2.94. The third-order valence-electron chi connectivity index (χ3n) is 5.45. The fourth-order valence-corrected chi connectivity index (χ4v) is 5.80. The highest BCUT2D eigenvalue weighted by Crippen LogP contribution is 2.28. The molecular weight excluding hydrogens is 344 g/mol. The number of fused-ring (bicyclic) bond motifs is 1. The maximum atomic E-state index is 12.7. The first-order valence-electron chi connectivity index (χ1n) is 9.61. The molecule has 0 radical (unpaired) electrons.